The number of carbonyl (C=O) groups is 2. The summed E-state index contributed by atoms with van der Waals surface area (Å²) in [5.41, 5.74) is 1.84. The van der Waals surface area contributed by atoms with Crippen molar-refractivity contribution >= 4 is 40.2 Å². The van der Waals surface area contributed by atoms with Crippen LogP contribution in [-0.4, -0.2) is 73.5 Å². The van der Waals surface area contributed by atoms with Crippen LogP contribution >= 0.6 is 11.6 Å². The molecule has 44 heavy (non-hydrogen) atoms. The van der Waals surface area contributed by atoms with Gasteiger partial charge in [0.15, 0.2) is 0 Å². The predicted octanol–water partition coefficient (Wildman–Crippen LogP) is 5.44. The average molecular weight is 637 g/mol. The largest absolute Gasteiger partial charge is 0.573 e. The van der Waals surface area contributed by atoms with Crippen molar-refractivity contribution in [2.45, 2.75) is 52.1 Å². The van der Waals surface area contributed by atoms with Crippen LogP contribution in [0.2, 0.25) is 5.02 Å². The van der Waals surface area contributed by atoms with Crippen molar-refractivity contribution in [3.05, 3.63) is 59.8 Å². The molecule has 0 atom stereocenters. The van der Waals surface area contributed by atoms with Gasteiger partial charge in [0.25, 0.3) is 0 Å². The maximum absolute atomic E-state index is 12.9. The zero-order valence-corrected chi connectivity index (χ0v) is 25.0. The summed E-state index contributed by atoms with van der Waals surface area (Å²) in [6.07, 6.45) is -0.0174. The highest BCUT2D eigenvalue weighted by molar-refractivity contribution is 6.32. The van der Waals surface area contributed by atoms with Gasteiger partial charge in [0, 0.05) is 31.4 Å². The fourth-order valence-corrected chi connectivity index (χ4v) is 4.43. The van der Waals surface area contributed by atoms with Crippen LogP contribution in [-0.2, 0) is 16.1 Å². The number of nitrogens with one attached hydrogen (secondary N) is 3. The van der Waals surface area contributed by atoms with Gasteiger partial charge in [0.1, 0.15) is 24.0 Å². The molecule has 0 spiro atoms. The van der Waals surface area contributed by atoms with Crippen molar-refractivity contribution in [1.82, 2.24) is 35.2 Å². The molecule has 0 saturated heterocycles. The molecule has 0 aliphatic carbocycles. The number of carbonyl (C=O) groups excluding carboxylic acids is 2. The molecule has 16 heteroatoms. The summed E-state index contributed by atoms with van der Waals surface area (Å²) in [7, 11) is 0. The summed E-state index contributed by atoms with van der Waals surface area (Å²) < 4.78 is 48.9. The Morgan fingerprint density at radius 2 is 1.84 bits per heavy atom. The highest BCUT2D eigenvalue weighted by atomic mass is 35.5. The number of alkyl halides is 3. The van der Waals surface area contributed by atoms with Gasteiger partial charge in [-0.1, -0.05) is 17.7 Å². The molecule has 0 aliphatic rings. The van der Waals surface area contributed by atoms with E-state index in [1.807, 2.05) is 12.1 Å². The SMILES string of the molecule is CC(C)(C)OC(=O)N(CCCNCCC(=O)Nc1cc(-n2cnnc2)cc2[nH]ncc12)Cc1ccc(OC(F)(F)F)c(Cl)c1. The normalized spacial score (nSPS) is 11.9. The van der Waals surface area contributed by atoms with Crippen LogP contribution < -0.4 is 15.4 Å². The number of hydrogen-bond donors (Lipinski definition) is 3. The lowest BCUT2D eigenvalue weighted by Crippen LogP contribution is -2.38. The zero-order valence-electron chi connectivity index (χ0n) is 24.2. The van der Waals surface area contributed by atoms with Gasteiger partial charge in [-0.25, -0.2) is 4.79 Å². The number of amides is 2. The van der Waals surface area contributed by atoms with Crippen LogP contribution in [0.15, 0.2) is 49.2 Å². The number of benzene rings is 2. The number of ether oxygens (including phenoxy) is 2. The number of halogens is 4. The summed E-state index contributed by atoms with van der Waals surface area (Å²) in [6, 6.07) is 7.50. The third-order valence-electron chi connectivity index (χ3n) is 6.09. The molecule has 4 aromatic rings. The number of fused-ring (bicyclic) bond motifs is 1. The van der Waals surface area contributed by atoms with E-state index in [0.29, 0.717) is 30.8 Å². The molecule has 3 N–H and O–H groups in total. The topological polar surface area (TPSA) is 139 Å². The van der Waals surface area contributed by atoms with E-state index in [9.17, 15) is 22.8 Å². The number of aromatic nitrogens is 5. The number of hydrogen-bond acceptors (Lipinski definition) is 8. The minimum Gasteiger partial charge on any atom is -0.444 e. The Labute approximate surface area is 255 Å². The van der Waals surface area contributed by atoms with E-state index in [1.54, 1.807) is 44.2 Å². The number of aromatic amines is 1. The first-order valence-electron chi connectivity index (χ1n) is 13.6. The van der Waals surface area contributed by atoms with Crippen molar-refractivity contribution in [3.8, 4) is 11.4 Å². The highest BCUT2D eigenvalue weighted by Gasteiger charge is 2.32. The first kappa shape index (κ1) is 32.5. The summed E-state index contributed by atoms with van der Waals surface area (Å²) in [4.78, 5) is 27.0. The maximum Gasteiger partial charge on any atom is 0.573 e. The number of H-pyrrole nitrogens is 1. The van der Waals surface area contributed by atoms with Gasteiger partial charge in [-0.05, 0) is 63.6 Å². The van der Waals surface area contributed by atoms with Gasteiger partial charge in [0.2, 0.25) is 5.91 Å². The second-order valence-corrected chi connectivity index (χ2v) is 11.2. The predicted molar refractivity (Wildman–Crippen MR) is 157 cm³/mol. The summed E-state index contributed by atoms with van der Waals surface area (Å²) in [5, 5.41) is 21.2. The molecule has 0 fully saturated rings. The summed E-state index contributed by atoms with van der Waals surface area (Å²) in [6.45, 7) is 6.41. The minimum atomic E-state index is -4.88. The minimum absolute atomic E-state index is 0.0556. The van der Waals surface area contributed by atoms with Crippen molar-refractivity contribution in [1.29, 1.82) is 0 Å². The molecule has 0 unspecified atom stereocenters. The Morgan fingerprint density at radius 3 is 2.52 bits per heavy atom. The standard InChI is InChI=1S/C28H32ClF3N8O4/c1-27(2,3)44-26(42)39(15-18-5-6-24(21(29)11-18)43-28(30,31)32)10-4-8-33-9-7-25(41)37-22-12-19(40-16-35-36-17-40)13-23-20(22)14-34-38-23/h5-6,11-14,16-17,33H,4,7-10,15H2,1-3H3,(H,34,38)(H,37,41). The molecule has 0 radical (unpaired) electrons. The first-order valence-corrected chi connectivity index (χ1v) is 14.0. The molecule has 0 saturated carbocycles. The first-order chi connectivity index (χ1) is 20.8. The zero-order chi connectivity index (χ0) is 31.9. The molecule has 12 nitrogen and oxygen atoms in total. The smallest absolute Gasteiger partial charge is 0.444 e. The van der Waals surface area contributed by atoms with Crippen LogP contribution in [0, 0.1) is 0 Å². The Hall–Kier alpha value is -4.37. The maximum atomic E-state index is 12.9. The van der Waals surface area contributed by atoms with E-state index >= 15 is 0 Å². The van der Waals surface area contributed by atoms with Gasteiger partial charge in [-0.2, -0.15) is 5.10 Å². The van der Waals surface area contributed by atoms with Gasteiger partial charge in [-0.3, -0.25) is 14.5 Å². The molecule has 4 rings (SSSR count). The van der Waals surface area contributed by atoms with Gasteiger partial charge in [0.05, 0.1) is 28.1 Å². The molecule has 0 aliphatic heterocycles. The second kappa shape index (κ2) is 13.9. The van der Waals surface area contributed by atoms with Gasteiger partial charge in [-0.15, -0.1) is 23.4 Å². The molecule has 2 amide bonds. The fraction of sp³-hybridized carbons (Fsp3) is 0.393. The number of rotatable bonds is 12. The lowest BCUT2D eigenvalue weighted by Gasteiger charge is -2.27. The van der Waals surface area contributed by atoms with Crippen molar-refractivity contribution in [3.63, 3.8) is 0 Å². The van der Waals surface area contributed by atoms with E-state index in [4.69, 9.17) is 16.3 Å². The molecular weight excluding hydrogens is 605 g/mol. The monoisotopic (exact) mass is 636 g/mol. The Morgan fingerprint density at radius 1 is 1.09 bits per heavy atom. The van der Waals surface area contributed by atoms with Crippen LogP contribution in [0.3, 0.4) is 0 Å². The molecule has 2 aromatic heterocycles. The molecular formula is C28H32ClF3N8O4. The van der Waals surface area contributed by atoms with Crippen LogP contribution in [0.4, 0.5) is 23.7 Å². The van der Waals surface area contributed by atoms with Crippen LogP contribution in [0.5, 0.6) is 5.75 Å². The number of nitrogens with zero attached hydrogens (tertiary/aromatic N) is 5. The Bertz CT molecular complexity index is 1570. The quantitative estimate of drug-likeness (QED) is 0.175. The molecule has 2 aromatic carbocycles. The summed E-state index contributed by atoms with van der Waals surface area (Å²) >= 11 is 5.98. The molecule has 0 bridgehead atoms. The molecule has 236 valence electrons. The van der Waals surface area contributed by atoms with E-state index < -0.39 is 23.8 Å². The third kappa shape index (κ3) is 9.57. The van der Waals surface area contributed by atoms with Crippen LogP contribution in [0.1, 0.15) is 39.2 Å². The van der Waals surface area contributed by atoms with Gasteiger partial charge < -0.3 is 25.0 Å². The lowest BCUT2D eigenvalue weighted by molar-refractivity contribution is -0.274. The lowest BCUT2D eigenvalue weighted by atomic mass is 10.2. The highest BCUT2D eigenvalue weighted by Crippen LogP contribution is 2.31. The van der Waals surface area contributed by atoms with Crippen molar-refractivity contribution < 1.29 is 32.2 Å². The van der Waals surface area contributed by atoms with E-state index in [-0.39, 0.29) is 30.4 Å². The van der Waals surface area contributed by atoms with Crippen molar-refractivity contribution in [2.24, 2.45) is 0 Å². The van der Waals surface area contributed by atoms with E-state index in [1.165, 1.54) is 17.0 Å². The average Bonchev–Trinajstić information content (AvgIpc) is 3.62. The van der Waals surface area contributed by atoms with E-state index in [2.05, 4.69) is 35.8 Å². The van der Waals surface area contributed by atoms with Crippen molar-refractivity contribution in [2.75, 3.05) is 25.0 Å². The van der Waals surface area contributed by atoms with Crippen LogP contribution in [0.25, 0.3) is 16.6 Å². The Balaban J connectivity index is 1.28. The summed E-state index contributed by atoms with van der Waals surface area (Å²) in [5.74, 6) is -0.733. The van der Waals surface area contributed by atoms with Gasteiger partial charge >= 0.3 is 12.5 Å². The molecule has 2 heterocycles. The number of anilines is 1. The third-order valence-corrected chi connectivity index (χ3v) is 6.39. The fourth-order valence-electron chi connectivity index (χ4n) is 4.19. The van der Waals surface area contributed by atoms with E-state index in [0.717, 1.165) is 22.7 Å². The Kier molecular flexibility index (Phi) is 10.3. The second-order valence-electron chi connectivity index (χ2n) is 10.8.